The van der Waals surface area contributed by atoms with Crippen LogP contribution in [0, 0.1) is 11.3 Å². The van der Waals surface area contributed by atoms with E-state index in [1.54, 1.807) is 0 Å². The lowest BCUT2D eigenvalue weighted by Gasteiger charge is -2.05. The van der Waals surface area contributed by atoms with Crippen molar-refractivity contribution in [1.82, 2.24) is 0 Å². The van der Waals surface area contributed by atoms with E-state index in [9.17, 15) is 0 Å². The first-order valence-electron chi connectivity index (χ1n) is 6.21. The highest BCUT2D eigenvalue weighted by molar-refractivity contribution is 5.58. The van der Waals surface area contributed by atoms with E-state index < -0.39 is 0 Å². The largest absolute Gasteiger partial charge is 0.494 e. The summed E-state index contributed by atoms with van der Waals surface area (Å²) in [7, 11) is 0. The van der Waals surface area contributed by atoms with Crippen LogP contribution in [0.3, 0.4) is 0 Å². The molecule has 1 rings (SSSR count). The molecule has 0 atom stereocenters. The smallest absolute Gasteiger partial charge is 0.119 e. The lowest BCUT2D eigenvalue weighted by molar-refractivity contribution is 0.174. The van der Waals surface area contributed by atoms with Crippen molar-refractivity contribution in [3.05, 3.63) is 35.4 Å². The normalized spacial score (nSPS) is 11.1. The Labute approximate surface area is 109 Å². The van der Waals surface area contributed by atoms with E-state index in [-0.39, 0.29) is 0 Å². The molecular weight excluding hydrogens is 226 g/mol. The average molecular weight is 245 g/mol. The first-order chi connectivity index (χ1) is 8.80. The summed E-state index contributed by atoms with van der Waals surface area (Å²) < 4.78 is 10.8. The number of hydrogen-bond acceptors (Lipinski definition) is 3. The van der Waals surface area contributed by atoms with Crippen LogP contribution in [0.25, 0.3) is 6.08 Å². The van der Waals surface area contributed by atoms with Crippen LogP contribution in [-0.4, -0.2) is 19.8 Å². The summed E-state index contributed by atoms with van der Waals surface area (Å²) in [5.41, 5.74) is 1.57. The quantitative estimate of drug-likeness (QED) is 0.691. The summed E-state index contributed by atoms with van der Waals surface area (Å²) in [6.45, 7) is 5.65. The predicted molar refractivity (Wildman–Crippen MR) is 72.3 cm³/mol. The molecule has 0 aromatic heterocycles. The van der Waals surface area contributed by atoms with Crippen molar-refractivity contribution in [2.24, 2.45) is 0 Å². The van der Waals surface area contributed by atoms with Crippen LogP contribution in [0.4, 0.5) is 0 Å². The van der Waals surface area contributed by atoms with Crippen molar-refractivity contribution in [1.29, 1.82) is 5.26 Å². The Balaban J connectivity index is 2.75. The van der Waals surface area contributed by atoms with Gasteiger partial charge in [0.2, 0.25) is 0 Å². The summed E-state index contributed by atoms with van der Waals surface area (Å²) in [4.78, 5) is 0. The minimum atomic E-state index is 0.354. The van der Waals surface area contributed by atoms with Crippen molar-refractivity contribution < 1.29 is 9.47 Å². The maximum atomic E-state index is 9.00. The molecule has 0 heterocycles. The third-order valence-corrected chi connectivity index (χ3v) is 2.28. The molecular formula is C15H19NO2. The maximum absolute atomic E-state index is 9.00. The molecule has 0 saturated carbocycles. The zero-order chi connectivity index (χ0) is 13.2. The van der Waals surface area contributed by atoms with Gasteiger partial charge in [0.25, 0.3) is 0 Å². The van der Waals surface area contributed by atoms with Crippen molar-refractivity contribution >= 4 is 6.08 Å². The van der Waals surface area contributed by atoms with Crippen LogP contribution < -0.4 is 4.74 Å². The SMILES string of the molecule is CCCOc1cccc(/C=C(\C#N)COCC)c1. The van der Waals surface area contributed by atoms with Crippen molar-refractivity contribution in [3.8, 4) is 11.8 Å². The first-order valence-corrected chi connectivity index (χ1v) is 6.21. The zero-order valence-corrected chi connectivity index (χ0v) is 11.0. The number of hydrogen-bond donors (Lipinski definition) is 0. The van der Waals surface area contributed by atoms with Gasteiger partial charge in [0.15, 0.2) is 0 Å². The fourth-order valence-corrected chi connectivity index (χ4v) is 1.43. The highest BCUT2D eigenvalue weighted by atomic mass is 16.5. The second-order valence-electron chi connectivity index (χ2n) is 3.84. The highest BCUT2D eigenvalue weighted by Gasteiger charge is 1.98. The number of rotatable bonds is 7. The molecule has 96 valence electrons. The molecule has 0 bridgehead atoms. The Morgan fingerprint density at radius 2 is 2.22 bits per heavy atom. The molecule has 1 aromatic carbocycles. The first kappa shape index (κ1) is 14.3. The maximum Gasteiger partial charge on any atom is 0.119 e. The lowest BCUT2D eigenvalue weighted by Crippen LogP contribution is -1.96. The molecule has 0 aliphatic heterocycles. The molecule has 3 nitrogen and oxygen atoms in total. The van der Waals surface area contributed by atoms with Gasteiger partial charge in [-0.1, -0.05) is 19.1 Å². The van der Waals surface area contributed by atoms with Crippen molar-refractivity contribution in [2.75, 3.05) is 19.8 Å². The molecule has 0 radical (unpaired) electrons. The lowest BCUT2D eigenvalue weighted by atomic mass is 10.1. The van der Waals surface area contributed by atoms with E-state index in [0.29, 0.717) is 25.4 Å². The van der Waals surface area contributed by atoms with Crippen LogP contribution in [0.2, 0.25) is 0 Å². The van der Waals surface area contributed by atoms with E-state index in [1.165, 1.54) is 0 Å². The summed E-state index contributed by atoms with van der Waals surface area (Å²) in [5, 5.41) is 9.00. The van der Waals surface area contributed by atoms with Crippen molar-refractivity contribution in [3.63, 3.8) is 0 Å². The van der Waals surface area contributed by atoms with Gasteiger partial charge in [0.05, 0.1) is 24.9 Å². The van der Waals surface area contributed by atoms with Gasteiger partial charge < -0.3 is 9.47 Å². The van der Waals surface area contributed by atoms with Gasteiger partial charge in [-0.15, -0.1) is 0 Å². The average Bonchev–Trinajstić information content (AvgIpc) is 2.41. The van der Waals surface area contributed by atoms with E-state index in [2.05, 4.69) is 13.0 Å². The van der Waals surface area contributed by atoms with Crippen molar-refractivity contribution in [2.45, 2.75) is 20.3 Å². The Bertz CT molecular complexity index is 432. The van der Waals surface area contributed by atoms with Gasteiger partial charge in [0.1, 0.15) is 5.75 Å². The second-order valence-corrected chi connectivity index (χ2v) is 3.84. The molecule has 0 aliphatic rings. The van der Waals surface area contributed by atoms with E-state index in [0.717, 1.165) is 17.7 Å². The number of nitriles is 1. The fraction of sp³-hybridized carbons (Fsp3) is 0.400. The molecule has 0 N–H and O–H groups in total. The van der Waals surface area contributed by atoms with Crippen LogP contribution in [0.1, 0.15) is 25.8 Å². The van der Waals surface area contributed by atoms with Crippen LogP contribution in [-0.2, 0) is 4.74 Å². The fourth-order valence-electron chi connectivity index (χ4n) is 1.43. The Morgan fingerprint density at radius 1 is 1.39 bits per heavy atom. The van der Waals surface area contributed by atoms with Gasteiger partial charge in [-0.05, 0) is 37.1 Å². The molecule has 0 unspecified atom stereocenters. The minimum Gasteiger partial charge on any atom is -0.494 e. The molecule has 1 aromatic rings. The predicted octanol–water partition coefficient (Wildman–Crippen LogP) is 3.42. The molecule has 0 saturated heterocycles. The van der Waals surface area contributed by atoms with E-state index in [1.807, 2.05) is 37.3 Å². The van der Waals surface area contributed by atoms with Gasteiger partial charge >= 0.3 is 0 Å². The molecule has 0 aliphatic carbocycles. The summed E-state index contributed by atoms with van der Waals surface area (Å²) in [6, 6.07) is 9.86. The molecule has 3 heteroatoms. The topological polar surface area (TPSA) is 42.2 Å². The number of ether oxygens (including phenoxy) is 2. The molecule has 18 heavy (non-hydrogen) atoms. The van der Waals surface area contributed by atoms with Gasteiger partial charge in [0, 0.05) is 6.61 Å². The Hall–Kier alpha value is -1.79. The summed E-state index contributed by atoms with van der Waals surface area (Å²) in [6.07, 6.45) is 2.81. The summed E-state index contributed by atoms with van der Waals surface area (Å²) >= 11 is 0. The van der Waals surface area contributed by atoms with Crippen LogP contribution in [0.15, 0.2) is 29.8 Å². The molecule has 0 amide bonds. The standard InChI is InChI=1S/C15H19NO2/c1-3-8-18-15-7-5-6-13(10-15)9-14(11-16)12-17-4-2/h5-7,9-10H,3-4,8,12H2,1-2H3/b14-9+. The van der Waals surface area contributed by atoms with Gasteiger partial charge in [-0.3, -0.25) is 0 Å². The van der Waals surface area contributed by atoms with E-state index >= 15 is 0 Å². The second kappa shape index (κ2) is 8.32. The third-order valence-electron chi connectivity index (χ3n) is 2.28. The third kappa shape index (κ3) is 5.03. The summed E-state index contributed by atoms with van der Waals surface area (Å²) in [5.74, 6) is 0.833. The van der Waals surface area contributed by atoms with Crippen LogP contribution in [0.5, 0.6) is 5.75 Å². The minimum absolute atomic E-state index is 0.354. The Kier molecular flexibility index (Phi) is 6.60. The molecule has 0 fully saturated rings. The molecule has 0 spiro atoms. The monoisotopic (exact) mass is 245 g/mol. The highest BCUT2D eigenvalue weighted by Crippen LogP contribution is 2.16. The van der Waals surface area contributed by atoms with Gasteiger partial charge in [-0.2, -0.15) is 5.26 Å². The Morgan fingerprint density at radius 3 is 2.89 bits per heavy atom. The van der Waals surface area contributed by atoms with E-state index in [4.69, 9.17) is 14.7 Å². The zero-order valence-electron chi connectivity index (χ0n) is 11.0. The number of benzene rings is 1. The van der Waals surface area contributed by atoms with Gasteiger partial charge in [-0.25, -0.2) is 0 Å². The van der Waals surface area contributed by atoms with Crippen LogP contribution >= 0.6 is 0 Å². The number of nitrogens with zero attached hydrogens (tertiary/aromatic N) is 1.